The van der Waals surface area contributed by atoms with Gasteiger partial charge in [0.1, 0.15) is 17.6 Å². The van der Waals surface area contributed by atoms with Crippen molar-refractivity contribution < 1.29 is 9.15 Å². The van der Waals surface area contributed by atoms with Gasteiger partial charge in [-0.3, -0.25) is 4.90 Å². The Hall–Kier alpha value is -0.970. The summed E-state index contributed by atoms with van der Waals surface area (Å²) in [5, 5.41) is 0.653. The molecular formula is C15H15BrClNO2. The number of benzene rings is 1. The second kappa shape index (κ2) is 5.80. The molecule has 0 spiro atoms. The Bertz CT molecular complexity index is 614. The van der Waals surface area contributed by atoms with Crippen molar-refractivity contribution in [1.82, 2.24) is 4.90 Å². The predicted molar refractivity (Wildman–Crippen MR) is 82.2 cm³/mol. The van der Waals surface area contributed by atoms with Crippen molar-refractivity contribution in [2.24, 2.45) is 0 Å². The van der Waals surface area contributed by atoms with Gasteiger partial charge >= 0.3 is 0 Å². The van der Waals surface area contributed by atoms with Crippen LogP contribution in [0.5, 0.6) is 5.75 Å². The number of ether oxygens (including phenoxy) is 1. The van der Waals surface area contributed by atoms with Crippen LogP contribution in [0, 0.1) is 0 Å². The second-order valence-electron chi connectivity index (χ2n) is 5.01. The molecule has 2 heterocycles. The minimum atomic E-state index is 0.00550. The maximum atomic E-state index is 6.11. The molecule has 1 atom stereocenters. The van der Waals surface area contributed by atoms with Crippen molar-refractivity contribution >= 4 is 27.5 Å². The Morgan fingerprint density at radius 2 is 2.25 bits per heavy atom. The van der Waals surface area contributed by atoms with Gasteiger partial charge in [0, 0.05) is 23.0 Å². The third kappa shape index (κ3) is 2.87. The van der Waals surface area contributed by atoms with Crippen LogP contribution in [0.15, 0.2) is 39.4 Å². The highest BCUT2D eigenvalue weighted by molar-refractivity contribution is 9.10. The largest absolute Gasteiger partial charge is 0.486 e. The van der Waals surface area contributed by atoms with Crippen LogP contribution in [0.3, 0.4) is 0 Å². The first-order valence-electron chi connectivity index (χ1n) is 6.50. The van der Waals surface area contributed by atoms with E-state index in [0.717, 1.165) is 41.1 Å². The molecule has 1 unspecified atom stereocenters. The van der Waals surface area contributed by atoms with E-state index < -0.39 is 0 Å². The average molecular weight is 357 g/mol. The Balaban J connectivity index is 1.85. The standard InChI is InChI=1S/C15H15BrClNO2/c1-18-6-4-14(11-5-7-19-15(11)9-18)20-10-2-3-12(16)13(17)8-10/h2-3,5,7-8,14H,4,6,9H2,1H3. The van der Waals surface area contributed by atoms with Gasteiger partial charge in [-0.15, -0.1) is 0 Å². The van der Waals surface area contributed by atoms with Crippen molar-refractivity contribution in [3.05, 3.63) is 51.3 Å². The molecule has 0 saturated heterocycles. The molecule has 20 heavy (non-hydrogen) atoms. The zero-order valence-electron chi connectivity index (χ0n) is 11.1. The molecule has 0 amide bonds. The molecule has 0 N–H and O–H groups in total. The van der Waals surface area contributed by atoms with Crippen molar-refractivity contribution in [2.75, 3.05) is 13.6 Å². The third-order valence-corrected chi connectivity index (χ3v) is 4.72. The number of nitrogens with zero attached hydrogens (tertiary/aromatic N) is 1. The van der Waals surface area contributed by atoms with Gasteiger partial charge in [-0.25, -0.2) is 0 Å². The first-order valence-corrected chi connectivity index (χ1v) is 7.67. The Morgan fingerprint density at radius 3 is 3.05 bits per heavy atom. The van der Waals surface area contributed by atoms with Gasteiger partial charge in [-0.05, 0) is 47.2 Å². The zero-order chi connectivity index (χ0) is 14.1. The van der Waals surface area contributed by atoms with Crippen LogP contribution in [-0.2, 0) is 6.54 Å². The molecule has 1 aliphatic heterocycles. The monoisotopic (exact) mass is 355 g/mol. The highest BCUT2D eigenvalue weighted by Gasteiger charge is 2.24. The quantitative estimate of drug-likeness (QED) is 0.783. The van der Waals surface area contributed by atoms with Gasteiger partial charge < -0.3 is 9.15 Å². The fourth-order valence-corrected chi connectivity index (χ4v) is 2.84. The van der Waals surface area contributed by atoms with Gasteiger partial charge in [-0.2, -0.15) is 0 Å². The summed E-state index contributed by atoms with van der Waals surface area (Å²) in [6.07, 6.45) is 2.66. The van der Waals surface area contributed by atoms with Crippen LogP contribution < -0.4 is 4.74 Å². The molecule has 5 heteroatoms. The molecule has 0 radical (unpaired) electrons. The molecule has 106 valence electrons. The molecule has 3 nitrogen and oxygen atoms in total. The molecule has 2 aromatic rings. The zero-order valence-corrected chi connectivity index (χ0v) is 13.4. The molecule has 0 bridgehead atoms. The number of halogens is 2. The topological polar surface area (TPSA) is 25.6 Å². The van der Waals surface area contributed by atoms with E-state index in [9.17, 15) is 0 Å². The summed E-state index contributed by atoms with van der Waals surface area (Å²) in [6.45, 7) is 1.79. The molecular weight excluding hydrogens is 342 g/mol. The molecule has 1 aliphatic rings. The number of rotatable bonds is 2. The van der Waals surface area contributed by atoms with E-state index in [-0.39, 0.29) is 6.10 Å². The summed E-state index contributed by atoms with van der Waals surface area (Å²) in [7, 11) is 2.09. The number of furan rings is 1. The fraction of sp³-hybridized carbons (Fsp3) is 0.333. The normalized spacial score (nSPS) is 19.4. The van der Waals surface area contributed by atoms with E-state index in [1.54, 1.807) is 6.26 Å². The van der Waals surface area contributed by atoms with Crippen LogP contribution in [0.1, 0.15) is 23.8 Å². The lowest BCUT2D eigenvalue weighted by molar-refractivity contribution is 0.182. The lowest BCUT2D eigenvalue weighted by Crippen LogP contribution is -2.18. The average Bonchev–Trinajstić information content (AvgIpc) is 2.81. The highest BCUT2D eigenvalue weighted by Crippen LogP contribution is 2.33. The molecule has 0 aliphatic carbocycles. The molecule has 0 fully saturated rings. The third-order valence-electron chi connectivity index (χ3n) is 3.48. The Kier molecular flexibility index (Phi) is 4.06. The van der Waals surface area contributed by atoms with Crippen molar-refractivity contribution in [2.45, 2.75) is 19.1 Å². The van der Waals surface area contributed by atoms with Crippen LogP contribution in [0.25, 0.3) is 0 Å². The van der Waals surface area contributed by atoms with Crippen LogP contribution in [-0.4, -0.2) is 18.5 Å². The van der Waals surface area contributed by atoms with Gasteiger partial charge in [-0.1, -0.05) is 11.6 Å². The summed E-state index contributed by atoms with van der Waals surface area (Å²) in [5.74, 6) is 1.76. The van der Waals surface area contributed by atoms with E-state index in [1.165, 1.54) is 0 Å². The predicted octanol–water partition coefficient (Wildman–Crippen LogP) is 4.65. The summed E-state index contributed by atoms with van der Waals surface area (Å²) < 4.78 is 12.5. The first kappa shape index (κ1) is 14.0. The summed E-state index contributed by atoms with van der Waals surface area (Å²) >= 11 is 9.50. The van der Waals surface area contributed by atoms with Gasteiger partial charge in [0.25, 0.3) is 0 Å². The van der Waals surface area contributed by atoms with E-state index in [2.05, 4.69) is 27.9 Å². The SMILES string of the molecule is CN1CCC(Oc2ccc(Br)c(Cl)c2)c2ccoc2C1. The highest BCUT2D eigenvalue weighted by atomic mass is 79.9. The van der Waals surface area contributed by atoms with Crippen molar-refractivity contribution in [3.63, 3.8) is 0 Å². The van der Waals surface area contributed by atoms with E-state index >= 15 is 0 Å². The van der Waals surface area contributed by atoms with Crippen LogP contribution >= 0.6 is 27.5 Å². The first-order chi connectivity index (χ1) is 9.63. The van der Waals surface area contributed by atoms with Gasteiger partial charge in [0.05, 0.1) is 17.8 Å². The minimum Gasteiger partial charge on any atom is -0.486 e. The molecule has 3 rings (SSSR count). The molecule has 1 aromatic carbocycles. The van der Waals surface area contributed by atoms with Gasteiger partial charge in [0.2, 0.25) is 0 Å². The Labute approximate surface area is 131 Å². The van der Waals surface area contributed by atoms with E-state index in [0.29, 0.717) is 5.02 Å². The maximum Gasteiger partial charge on any atom is 0.128 e. The van der Waals surface area contributed by atoms with E-state index in [1.807, 2.05) is 24.3 Å². The number of fused-ring (bicyclic) bond motifs is 1. The summed E-state index contributed by atoms with van der Waals surface area (Å²) in [6, 6.07) is 7.65. The summed E-state index contributed by atoms with van der Waals surface area (Å²) in [4.78, 5) is 2.24. The smallest absolute Gasteiger partial charge is 0.128 e. The lowest BCUT2D eigenvalue weighted by Gasteiger charge is -2.18. The van der Waals surface area contributed by atoms with Crippen molar-refractivity contribution in [3.8, 4) is 5.75 Å². The number of hydrogen-bond acceptors (Lipinski definition) is 3. The second-order valence-corrected chi connectivity index (χ2v) is 6.27. The summed E-state index contributed by atoms with van der Waals surface area (Å²) in [5.41, 5.74) is 1.13. The minimum absolute atomic E-state index is 0.00550. The maximum absolute atomic E-state index is 6.11. The molecule has 0 saturated carbocycles. The Morgan fingerprint density at radius 1 is 1.40 bits per heavy atom. The van der Waals surface area contributed by atoms with Crippen molar-refractivity contribution in [1.29, 1.82) is 0 Å². The van der Waals surface area contributed by atoms with E-state index in [4.69, 9.17) is 20.8 Å². The fourth-order valence-electron chi connectivity index (χ4n) is 2.42. The number of hydrogen-bond donors (Lipinski definition) is 0. The lowest BCUT2D eigenvalue weighted by atomic mass is 10.1. The van der Waals surface area contributed by atoms with Crippen LogP contribution in [0.4, 0.5) is 0 Å². The van der Waals surface area contributed by atoms with Gasteiger partial charge in [0.15, 0.2) is 0 Å². The molecule has 1 aromatic heterocycles. The van der Waals surface area contributed by atoms with Crippen LogP contribution in [0.2, 0.25) is 5.02 Å².